The predicted molar refractivity (Wildman–Crippen MR) is 85.0 cm³/mol. The van der Waals surface area contributed by atoms with Gasteiger partial charge in [0.1, 0.15) is 0 Å². The first-order chi connectivity index (χ1) is 9.55. The van der Waals surface area contributed by atoms with Gasteiger partial charge in [0, 0.05) is 16.8 Å². The summed E-state index contributed by atoms with van der Waals surface area (Å²) in [5.74, 6) is 0.124. The third-order valence-corrected chi connectivity index (χ3v) is 4.08. The SMILES string of the molecule is CC(C)(Cc1ccccc1)NC(=O)CCc1cccs1. The average molecular weight is 287 g/mol. The Morgan fingerprint density at radius 3 is 2.55 bits per heavy atom. The molecule has 0 bridgehead atoms. The smallest absolute Gasteiger partial charge is 0.220 e. The van der Waals surface area contributed by atoms with E-state index in [1.165, 1.54) is 10.4 Å². The van der Waals surface area contributed by atoms with E-state index >= 15 is 0 Å². The van der Waals surface area contributed by atoms with E-state index < -0.39 is 0 Å². The number of hydrogen-bond acceptors (Lipinski definition) is 2. The van der Waals surface area contributed by atoms with Gasteiger partial charge in [0.15, 0.2) is 0 Å². The van der Waals surface area contributed by atoms with Crippen LogP contribution in [0.4, 0.5) is 0 Å². The summed E-state index contributed by atoms with van der Waals surface area (Å²) in [7, 11) is 0. The summed E-state index contributed by atoms with van der Waals surface area (Å²) in [5.41, 5.74) is 1.03. The Morgan fingerprint density at radius 1 is 1.15 bits per heavy atom. The molecule has 0 aliphatic carbocycles. The van der Waals surface area contributed by atoms with Gasteiger partial charge in [0.2, 0.25) is 5.91 Å². The molecule has 1 heterocycles. The molecule has 3 heteroatoms. The van der Waals surface area contributed by atoms with Crippen LogP contribution in [0, 0.1) is 0 Å². The quantitative estimate of drug-likeness (QED) is 0.860. The van der Waals surface area contributed by atoms with Crippen molar-refractivity contribution in [2.75, 3.05) is 0 Å². The monoisotopic (exact) mass is 287 g/mol. The van der Waals surface area contributed by atoms with Crippen LogP contribution in [0.3, 0.4) is 0 Å². The van der Waals surface area contributed by atoms with Crippen LogP contribution in [-0.4, -0.2) is 11.4 Å². The molecule has 0 aliphatic rings. The van der Waals surface area contributed by atoms with E-state index in [4.69, 9.17) is 0 Å². The van der Waals surface area contributed by atoms with Gasteiger partial charge >= 0.3 is 0 Å². The summed E-state index contributed by atoms with van der Waals surface area (Å²) in [6, 6.07) is 14.4. The lowest BCUT2D eigenvalue weighted by molar-refractivity contribution is -0.122. The minimum Gasteiger partial charge on any atom is -0.351 e. The van der Waals surface area contributed by atoms with E-state index in [9.17, 15) is 4.79 Å². The van der Waals surface area contributed by atoms with Crippen LogP contribution in [0.15, 0.2) is 47.8 Å². The van der Waals surface area contributed by atoms with Crippen molar-refractivity contribution in [1.29, 1.82) is 0 Å². The highest BCUT2D eigenvalue weighted by Crippen LogP contribution is 2.14. The van der Waals surface area contributed by atoms with Crippen LogP contribution >= 0.6 is 11.3 Å². The third-order valence-electron chi connectivity index (χ3n) is 3.15. The number of nitrogens with one attached hydrogen (secondary N) is 1. The normalized spacial score (nSPS) is 11.3. The van der Waals surface area contributed by atoms with Gasteiger partial charge in [0.25, 0.3) is 0 Å². The lowest BCUT2D eigenvalue weighted by Gasteiger charge is -2.26. The van der Waals surface area contributed by atoms with Crippen molar-refractivity contribution in [2.24, 2.45) is 0 Å². The molecule has 106 valence electrons. The number of thiophene rings is 1. The minimum atomic E-state index is -0.214. The molecule has 0 spiro atoms. The summed E-state index contributed by atoms with van der Waals surface area (Å²) in [5, 5.41) is 5.18. The van der Waals surface area contributed by atoms with Crippen LogP contribution in [0.2, 0.25) is 0 Å². The van der Waals surface area contributed by atoms with Crippen molar-refractivity contribution in [2.45, 2.75) is 38.6 Å². The van der Waals surface area contributed by atoms with Gasteiger partial charge in [-0.1, -0.05) is 36.4 Å². The molecular formula is C17H21NOS. The molecular weight excluding hydrogens is 266 g/mol. The maximum Gasteiger partial charge on any atom is 0.220 e. The molecule has 1 aromatic carbocycles. The molecule has 0 aliphatic heterocycles. The van der Waals surface area contributed by atoms with Crippen LogP contribution in [0.1, 0.15) is 30.7 Å². The van der Waals surface area contributed by atoms with E-state index in [1.54, 1.807) is 11.3 Å². The second-order valence-corrected chi connectivity index (χ2v) is 6.71. The predicted octanol–water partition coefficient (Wildman–Crippen LogP) is 3.82. The molecule has 1 N–H and O–H groups in total. The number of aryl methyl sites for hydroxylation is 1. The minimum absolute atomic E-state index is 0.124. The summed E-state index contributed by atoms with van der Waals surface area (Å²) < 4.78 is 0. The van der Waals surface area contributed by atoms with Gasteiger partial charge in [-0.15, -0.1) is 11.3 Å². The van der Waals surface area contributed by atoms with Crippen molar-refractivity contribution in [3.05, 3.63) is 58.3 Å². The van der Waals surface area contributed by atoms with Gasteiger partial charge in [-0.3, -0.25) is 4.79 Å². The fraction of sp³-hybridized carbons (Fsp3) is 0.353. The average Bonchev–Trinajstić information content (AvgIpc) is 2.89. The zero-order valence-electron chi connectivity index (χ0n) is 12.1. The van der Waals surface area contributed by atoms with E-state index in [1.807, 2.05) is 29.6 Å². The van der Waals surface area contributed by atoms with E-state index in [0.717, 1.165) is 12.8 Å². The van der Waals surface area contributed by atoms with Crippen LogP contribution in [-0.2, 0) is 17.6 Å². The Bertz CT molecular complexity index is 531. The molecule has 0 fully saturated rings. The summed E-state index contributed by atoms with van der Waals surface area (Å²) in [6.07, 6.45) is 2.22. The lowest BCUT2D eigenvalue weighted by Crippen LogP contribution is -2.45. The number of hydrogen-bond donors (Lipinski definition) is 1. The number of amides is 1. The van der Waals surface area contributed by atoms with Gasteiger partial charge in [0.05, 0.1) is 0 Å². The van der Waals surface area contributed by atoms with Gasteiger partial charge in [-0.05, 0) is 43.7 Å². The second kappa shape index (κ2) is 6.71. The van der Waals surface area contributed by atoms with Gasteiger partial charge in [-0.25, -0.2) is 0 Å². The number of carbonyl (C=O) groups excluding carboxylic acids is 1. The summed E-state index contributed by atoms with van der Waals surface area (Å²) in [4.78, 5) is 13.3. The zero-order valence-corrected chi connectivity index (χ0v) is 12.9. The molecule has 0 saturated heterocycles. The highest BCUT2D eigenvalue weighted by molar-refractivity contribution is 7.09. The molecule has 2 rings (SSSR count). The first kappa shape index (κ1) is 14.8. The molecule has 2 nitrogen and oxygen atoms in total. The van der Waals surface area contributed by atoms with Crippen molar-refractivity contribution in [1.82, 2.24) is 5.32 Å². The molecule has 0 radical (unpaired) electrons. The molecule has 0 saturated carbocycles. The zero-order chi connectivity index (χ0) is 14.4. The standard InChI is InChI=1S/C17H21NOS/c1-17(2,13-14-7-4-3-5-8-14)18-16(19)11-10-15-9-6-12-20-15/h3-9,12H,10-11,13H2,1-2H3,(H,18,19). The van der Waals surface area contributed by atoms with Crippen molar-refractivity contribution >= 4 is 17.2 Å². The second-order valence-electron chi connectivity index (χ2n) is 5.67. The number of carbonyl (C=O) groups is 1. The van der Waals surface area contributed by atoms with Crippen molar-refractivity contribution in [3.63, 3.8) is 0 Å². The maximum atomic E-state index is 12.0. The highest BCUT2D eigenvalue weighted by atomic mass is 32.1. The van der Waals surface area contributed by atoms with Crippen LogP contribution in [0.5, 0.6) is 0 Å². The van der Waals surface area contributed by atoms with Crippen LogP contribution in [0.25, 0.3) is 0 Å². The summed E-state index contributed by atoms with van der Waals surface area (Å²) in [6.45, 7) is 4.14. The Morgan fingerprint density at radius 2 is 1.90 bits per heavy atom. The molecule has 1 amide bonds. The molecule has 2 aromatic rings. The van der Waals surface area contributed by atoms with Gasteiger partial charge in [-0.2, -0.15) is 0 Å². The first-order valence-corrected chi connectivity index (χ1v) is 7.80. The van der Waals surface area contributed by atoms with Crippen molar-refractivity contribution < 1.29 is 4.79 Å². The number of benzene rings is 1. The molecule has 1 aromatic heterocycles. The third kappa shape index (κ3) is 4.82. The Balaban J connectivity index is 1.82. The number of rotatable bonds is 6. The summed E-state index contributed by atoms with van der Waals surface area (Å²) >= 11 is 1.71. The topological polar surface area (TPSA) is 29.1 Å². The Kier molecular flexibility index (Phi) is 4.96. The Hall–Kier alpha value is -1.61. The lowest BCUT2D eigenvalue weighted by atomic mass is 9.94. The maximum absolute atomic E-state index is 12.0. The van der Waals surface area contributed by atoms with Crippen molar-refractivity contribution in [3.8, 4) is 0 Å². The first-order valence-electron chi connectivity index (χ1n) is 6.92. The van der Waals surface area contributed by atoms with Gasteiger partial charge < -0.3 is 5.32 Å². The van der Waals surface area contributed by atoms with E-state index in [0.29, 0.717) is 6.42 Å². The van der Waals surface area contributed by atoms with E-state index in [2.05, 4.69) is 37.4 Å². The van der Waals surface area contributed by atoms with E-state index in [-0.39, 0.29) is 11.4 Å². The largest absolute Gasteiger partial charge is 0.351 e. The fourth-order valence-electron chi connectivity index (χ4n) is 2.28. The highest BCUT2D eigenvalue weighted by Gasteiger charge is 2.20. The fourth-order valence-corrected chi connectivity index (χ4v) is 2.99. The molecule has 0 atom stereocenters. The Labute approximate surface area is 124 Å². The molecule has 0 unspecified atom stereocenters. The van der Waals surface area contributed by atoms with Crippen LogP contribution < -0.4 is 5.32 Å². The molecule has 20 heavy (non-hydrogen) atoms.